The molecule has 2 N–H and O–H groups in total. The molecule has 1 unspecified atom stereocenters. The van der Waals surface area contributed by atoms with E-state index in [-0.39, 0.29) is 5.82 Å². The van der Waals surface area contributed by atoms with Gasteiger partial charge < -0.3 is 5.73 Å². The molecule has 2 rings (SSSR count). The van der Waals surface area contributed by atoms with Gasteiger partial charge in [-0.15, -0.1) is 0 Å². The second-order valence-corrected chi connectivity index (χ2v) is 6.24. The SMILES string of the molecule is NC(c1cc(Cl)ccc1I)c1cccc(Br)c1F. The van der Waals surface area contributed by atoms with E-state index >= 15 is 0 Å². The average Bonchev–Trinajstić information content (AvgIpc) is 2.35. The molecule has 94 valence electrons. The Hall–Kier alpha value is -0.170. The standard InChI is InChI=1S/C13H9BrClFIN/c14-10-3-1-2-8(12(10)16)13(18)9-6-7(15)4-5-11(9)17/h1-6,13H,18H2. The highest BCUT2D eigenvalue weighted by atomic mass is 127. The molecule has 0 aliphatic rings. The Bertz CT molecular complexity index is 589. The predicted molar refractivity (Wildman–Crippen MR) is 84.3 cm³/mol. The lowest BCUT2D eigenvalue weighted by molar-refractivity contribution is 0.593. The van der Waals surface area contributed by atoms with Crippen LogP contribution in [0.3, 0.4) is 0 Å². The molecule has 2 aromatic rings. The van der Waals surface area contributed by atoms with Crippen molar-refractivity contribution in [3.63, 3.8) is 0 Å². The lowest BCUT2D eigenvalue weighted by atomic mass is 9.99. The van der Waals surface area contributed by atoms with Crippen molar-refractivity contribution in [2.24, 2.45) is 5.73 Å². The first-order valence-corrected chi connectivity index (χ1v) is 7.40. The van der Waals surface area contributed by atoms with Crippen molar-refractivity contribution in [2.45, 2.75) is 6.04 Å². The summed E-state index contributed by atoms with van der Waals surface area (Å²) in [7, 11) is 0. The van der Waals surface area contributed by atoms with Crippen LogP contribution in [0.5, 0.6) is 0 Å². The van der Waals surface area contributed by atoms with E-state index in [0.717, 1.165) is 9.13 Å². The van der Waals surface area contributed by atoms with Crippen LogP contribution in [0.2, 0.25) is 5.02 Å². The fourth-order valence-corrected chi connectivity index (χ4v) is 2.91. The average molecular weight is 440 g/mol. The Kier molecular flexibility index (Phi) is 4.64. The van der Waals surface area contributed by atoms with Crippen LogP contribution in [0.25, 0.3) is 0 Å². The molecule has 0 bridgehead atoms. The first-order chi connectivity index (χ1) is 8.50. The number of hydrogen-bond donors (Lipinski definition) is 1. The summed E-state index contributed by atoms with van der Waals surface area (Å²) in [6, 6.07) is 9.99. The summed E-state index contributed by atoms with van der Waals surface area (Å²) in [5, 5.41) is 0.594. The van der Waals surface area contributed by atoms with Gasteiger partial charge in [0.2, 0.25) is 0 Å². The quantitative estimate of drug-likeness (QED) is 0.661. The normalized spacial score (nSPS) is 12.5. The van der Waals surface area contributed by atoms with Crippen molar-refractivity contribution in [2.75, 3.05) is 0 Å². The molecule has 0 saturated carbocycles. The summed E-state index contributed by atoms with van der Waals surface area (Å²) >= 11 is 11.3. The summed E-state index contributed by atoms with van der Waals surface area (Å²) < 4.78 is 15.4. The van der Waals surface area contributed by atoms with Crippen LogP contribution in [0.15, 0.2) is 40.9 Å². The van der Waals surface area contributed by atoms with Crippen LogP contribution in [0, 0.1) is 9.39 Å². The minimum atomic E-state index is -0.534. The monoisotopic (exact) mass is 439 g/mol. The van der Waals surface area contributed by atoms with Gasteiger partial charge in [0.25, 0.3) is 0 Å². The molecule has 0 aliphatic heterocycles. The number of nitrogens with two attached hydrogens (primary N) is 1. The molecule has 0 aliphatic carbocycles. The minimum absolute atomic E-state index is 0.333. The van der Waals surface area contributed by atoms with E-state index in [4.69, 9.17) is 17.3 Å². The Balaban J connectivity index is 2.51. The largest absolute Gasteiger partial charge is 0.320 e. The molecule has 0 radical (unpaired) electrons. The van der Waals surface area contributed by atoms with E-state index < -0.39 is 6.04 Å². The van der Waals surface area contributed by atoms with Crippen molar-refractivity contribution >= 4 is 50.1 Å². The molecule has 0 fully saturated rings. The lowest BCUT2D eigenvalue weighted by Gasteiger charge is -2.16. The maximum absolute atomic E-state index is 14.0. The third-order valence-corrected chi connectivity index (χ3v) is 4.44. The number of rotatable bonds is 2. The molecule has 0 aromatic heterocycles. The fourth-order valence-electron chi connectivity index (χ4n) is 1.68. The van der Waals surface area contributed by atoms with Gasteiger partial charge in [0, 0.05) is 14.2 Å². The van der Waals surface area contributed by atoms with Gasteiger partial charge in [-0.25, -0.2) is 4.39 Å². The van der Waals surface area contributed by atoms with Gasteiger partial charge in [0.1, 0.15) is 5.82 Å². The highest BCUT2D eigenvalue weighted by Crippen LogP contribution is 2.30. The summed E-state index contributed by atoms with van der Waals surface area (Å²) in [6.07, 6.45) is 0. The summed E-state index contributed by atoms with van der Waals surface area (Å²) in [4.78, 5) is 0. The molecular weight excluding hydrogens is 431 g/mol. The third-order valence-electron chi connectivity index (χ3n) is 2.61. The Morgan fingerprint density at radius 3 is 2.67 bits per heavy atom. The molecule has 0 saturated heterocycles. The smallest absolute Gasteiger partial charge is 0.142 e. The van der Waals surface area contributed by atoms with Crippen molar-refractivity contribution in [3.8, 4) is 0 Å². The fraction of sp³-hybridized carbons (Fsp3) is 0.0769. The first-order valence-electron chi connectivity index (χ1n) is 5.15. The second-order valence-electron chi connectivity index (χ2n) is 3.79. The minimum Gasteiger partial charge on any atom is -0.320 e. The molecule has 18 heavy (non-hydrogen) atoms. The Morgan fingerprint density at radius 1 is 1.22 bits per heavy atom. The highest BCUT2D eigenvalue weighted by Gasteiger charge is 2.17. The maximum atomic E-state index is 14.0. The van der Waals surface area contributed by atoms with Gasteiger partial charge in [0.15, 0.2) is 0 Å². The van der Waals surface area contributed by atoms with Gasteiger partial charge in [-0.3, -0.25) is 0 Å². The number of halogens is 4. The molecule has 0 heterocycles. The number of hydrogen-bond acceptors (Lipinski definition) is 1. The summed E-state index contributed by atoms with van der Waals surface area (Å²) in [5.41, 5.74) is 7.40. The van der Waals surface area contributed by atoms with Crippen LogP contribution in [0.4, 0.5) is 4.39 Å². The molecule has 0 amide bonds. The van der Waals surface area contributed by atoms with E-state index in [1.165, 1.54) is 0 Å². The molecule has 1 atom stereocenters. The number of benzene rings is 2. The van der Waals surface area contributed by atoms with Gasteiger partial charge in [-0.05, 0) is 68.3 Å². The Labute approximate surface area is 132 Å². The zero-order valence-electron chi connectivity index (χ0n) is 9.13. The topological polar surface area (TPSA) is 26.0 Å². The van der Waals surface area contributed by atoms with E-state index in [1.807, 2.05) is 6.07 Å². The third kappa shape index (κ3) is 2.87. The zero-order valence-corrected chi connectivity index (χ0v) is 13.6. The maximum Gasteiger partial charge on any atom is 0.142 e. The molecule has 1 nitrogen and oxygen atoms in total. The van der Waals surface area contributed by atoms with E-state index in [2.05, 4.69) is 38.5 Å². The second kappa shape index (κ2) is 5.86. The lowest BCUT2D eigenvalue weighted by Crippen LogP contribution is -2.15. The summed E-state index contributed by atoms with van der Waals surface area (Å²) in [6.45, 7) is 0. The van der Waals surface area contributed by atoms with Crippen molar-refractivity contribution in [1.82, 2.24) is 0 Å². The zero-order chi connectivity index (χ0) is 13.3. The molecular formula is C13H9BrClFIN. The Morgan fingerprint density at radius 2 is 1.94 bits per heavy atom. The van der Waals surface area contributed by atoms with Crippen LogP contribution in [-0.2, 0) is 0 Å². The van der Waals surface area contributed by atoms with E-state index in [0.29, 0.717) is 15.1 Å². The van der Waals surface area contributed by atoms with Crippen LogP contribution in [0.1, 0.15) is 17.2 Å². The van der Waals surface area contributed by atoms with Crippen LogP contribution >= 0.6 is 50.1 Å². The van der Waals surface area contributed by atoms with Gasteiger partial charge in [0.05, 0.1) is 10.5 Å². The van der Waals surface area contributed by atoms with Crippen LogP contribution in [-0.4, -0.2) is 0 Å². The van der Waals surface area contributed by atoms with Crippen LogP contribution < -0.4 is 5.73 Å². The van der Waals surface area contributed by atoms with Crippen molar-refractivity contribution < 1.29 is 4.39 Å². The first kappa shape index (κ1) is 14.2. The van der Waals surface area contributed by atoms with E-state index in [9.17, 15) is 4.39 Å². The molecule has 5 heteroatoms. The highest BCUT2D eigenvalue weighted by molar-refractivity contribution is 14.1. The molecule has 2 aromatic carbocycles. The van der Waals surface area contributed by atoms with Gasteiger partial charge in [-0.2, -0.15) is 0 Å². The summed E-state index contributed by atoms with van der Waals surface area (Å²) in [5.74, 6) is -0.333. The van der Waals surface area contributed by atoms with Crippen molar-refractivity contribution in [1.29, 1.82) is 0 Å². The predicted octanol–water partition coefficient (Wildman–Crippen LogP) is 4.89. The van der Waals surface area contributed by atoms with Gasteiger partial charge in [-0.1, -0.05) is 23.7 Å². The van der Waals surface area contributed by atoms with Crippen molar-refractivity contribution in [3.05, 3.63) is 66.4 Å². The van der Waals surface area contributed by atoms with Gasteiger partial charge >= 0.3 is 0 Å². The molecule has 0 spiro atoms. The van der Waals surface area contributed by atoms with E-state index in [1.54, 1.807) is 30.3 Å².